The monoisotopic (exact) mass is 320 g/mol. The Hall–Kier alpha value is -1.59. The molecule has 0 bridgehead atoms. The molecule has 3 N–H and O–H groups in total. The lowest BCUT2D eigenvalue weighted by atomic mass is 10.1. The lowest BCUT2D eigenvalue weighted by Crippen LogP contribution is -2.32. The zero-order valence-corrected chi connectivity index (χ0v) is 14.8. The highest BCUT2D eigenvalue weighted by molar-refractivity contribution is 5.77. The molecule has 0 saturated carbocycles. The van der Waals surface area contributed by atoms with E-state index in [2.05, 4.69) is 53.3 Å². The van der Waals surface area contributed by atoms with E-state index in [1.807, 2.05) is 6.92 Å². The van der Waals surface area contributed by atoms with Gasteiger partial charge in [0.1, 0.15) is 0 Å². The summed E-state index contributed by atoms with van der Waals surface area (Å²) >= 11 is 0. The van der Waals surface area contributed by atoms with Gasteiger partial charge in [-0.15, -0.1) is 0 Å². The van der Waals surface area contributed by atoms with Crippen LogP contribution in [0.25, 0.3) is 0 Å². The Morgan fingerprint density at radius 3 is 2.39 bits per heavy atom. The Bertz CT molecular complexity index is 441. The van der Waals surface area contributed by atoms with Crippen molar-refractivity contribution in [2.75, 3.05) is 32.8 Å². The Balaban J connectivity index is 2.35. The number of aliphatic imine (C=N–C) groups is 1. The van der Waals surface area contributed by atoms with Gasteiger partial charge >= 0.3 is 0 Å². The lowest BCUT2D eigenvalue weighted by molar-refractivity contribution is 0.145. The van der Waals surface area contributed by atoms with Crippen molar-refractivity contribution in [1.82, 2.24) is 10.2 Å². The third-order valence-electron chi connectivity index (χ3n) is 3.73. The van der Waals surface area contributed by atoms with Crippen LogP contribution in [0.3, 0.4) is 0 Å². The SMILES string of the molecule is CCOCCCNC(N)=NCc1ccc(CN(CC)CC)cc1. The van der Waals surface area contributed by atoms with Gasteiger partial charge in [0.25, 0.3) is 0 Å². The zero-order chi connectivity index (χ0) is 16.9. The van der Waals surface area contributed by atoms with Crippen LogP contribution in [-0.4, -0.2) is 43.7 Å². The van der Waals surface area contributed by atoms with E-state index in [9.17, 15) is 0 Å². The van der Waals surface area contributed by atoms with Crippen molar-refractivity contribution in [3.8, 4) is 0 Å². The molecule has 0 radical (unpaired) electrons. The van der Waals surface area contributed by atoms with Gasteiger partial charge in [0.05, 0.1) is 6.54 Å². The fourth-order valence-electron chi connectivity index (χ4n) is 2.22. The number of nitrogens with two attached hydrogens (primary N) is 1. The number of nitrogens with one attached hydrogen (secondary N) is 1. The summed E-state index contributed by atoms with van der Waals surface area (Å²) in [4.78, 5) is 6.77. The van der Waals surface area contributed by atoms with E-state index >= 15 is 0 Å². The zero-order valence-electron chi connectivity index (χ0n) is 14.8. The first kappa shape index (κ1) is 19.5. The fourth-order valence-corrected chi connectivity index (χ4v) is 2.22. The van der Waals surface area contributed by atoms with Gasteiger partial charge in [-0.05, 0) is 37.6 Å². The molecule has 1 aromatic carbocycles. The number of hydrogen-bond donors (Lipinski definition) is 2. The van der Waals surface area contributed by atoms with Gasteiger partial charge < -0.3 is 15.8 Å². The summed E-state index contributed by atoms with van der Waals surface area (Å²) < 4.78 is 5.28. The van der Waals surface area contributed by atoms with Gasteiger partial charge in [-0.2, -0.15) is 0 Å². The summed E-state index contributed by atoms with van der Waals surface area (Å²) in [5.41, 5.74) is 8.37. The molecule has 0 aromatic heterocycles. The first-order valence-electron chi connectivity index (χ1n) is 8.61. The van der Waals surface area contributed by atoms with Crippen molar-refractivity contribution in [3.63, 3.8) is 0 Å². The summed E-state index contributed by atoms with van der Waals surface area (Å²) in [6.45, 7) is 12.4. The van der Waals surface area contributed by atoms with Gasteiger partial charge in [0.15, 0.2) is 5.96 Å². The summed E-state index contributed by atoms with van der Waals surface area (Å²) in [5, 5.41) is 3.11. The largest absolute Gasteiger partial charge is 0.382 e. The third-order valence-corrected chi connectivity index (χ3v) is 3.73. The Morgan fingerprint density at radius 2 is 1.78 bits per heavy atom. The molecule has 1 rings (SSSR count). The quantitative estimate of drug-likeness (QED) is 0.373. The molecule has 0 saturated heterocycles. The van der Waals surface area contributed by atoms with Crippen LogP contribution in [0.2, 0.25) is 0 Å². The van der Waals surface area contributed by atoms with Crippen LogP contribution < -0.4 is 11.1 Å². The number of hydrogen-bond acceptors (Lipinski definition) is 3. The molecule has 0 heterocycles. The van der Waals surface area contributed by atoms with Gasteiger partial charge in [-0.25, -0.2) is 4.99 Å². The van der Waals surface area contributed by atoms with Gasteiger partial charge in [-0.1, -0.05) is 38.1 Å². The molecule has 130 valence electrons. The molecule has 0 unspecified atom stereocenters. The van der Waals surface area contributed by atoms with Crippen LogP contribution >= 0.6 is 0 Å². The van der Waals surface area contributed by atoms with Crippen molar-refractivity contribution in [1.29, 1.82) is 0 Å². The second-order valence-corrected chi connectivity index (χ2v) is 5.46. The minimum absolute atomic E-state index is 0.494. The average Bonchev–Trinajstić information content (AvgIpc) is 2.58. The number of ether oxygens (including phenoxy) is 1. The molecule has 0 atom stereocenters. The number of nitrogens with zero attached hydrogens (tertiary/aromatic N) is 2. The summed E-state index contributed by atoms with van der Waals surface area (Å²) in [6, 6.07) is 8.61. The Morgan fingerprint density at radius 1 is 1.13 bits per heavy atom. The van der Waals surface area contributed by atoms with E-state index in [0.29, 0.717) is 12.5 Å². The molecular weight excluding hydrogens is 288 g/mol. The van der Waals surface area contributed by atoms with Crippen LogP contribution in [0.1, 0.15) is 38.3 Å². The maximum absolute atomic E-state index is 5.86. The predicted molar refractivity (Wildman–Crippen MR) is 97.5 cm³/mol. The molecule has 0 amide bonds. The summed E-state index contributed by atoms with van der Waals surface area (Å²) in [7, 11) is 0. The van der Waals surface area contributed by atoms with E-state index in [-0.39, 0.29) is 0 Å². The molecular formula is C18H32N4O. The molecule has 23 heavy (non-hydrogen) atoms. The molecule has 0 fully saturated rings. The number of rotatable bonds is 11. The molecule has 0 aliphatic carbocycles. The van der Waals surface area contributed by atoms with Crippen molar-refractivity contribution < 1.29 is 4.74 Å². The van der Waals surface area contributed by atoms with Crippen LogP contribution in [-0.2, 0) is 17.8 Å². The second-order valence-electron chi connectivity index (χ2n) is 5.46. The highest BCUT2D eigenvalue weighted by atomic mass is 16.5. The second kappa shape index (κ2) is 11.9. The third kappa shape index (κ3) is 8.57. The summed E-state index contributed by atoms with van der Waals surface area (Å²) in [6.07, 6.45) is 0.935. The van der Waals surface area contributed by atoms with Crippen molar-refractivity contribution >= 4 is 5.96 Å². The molecule has 0 aliphatic rings. The normalized spacial score (nSPS) is 11.9. The van der Waals surface area contributed by atoms with Gasteiger partial charge in [0.2, 0.25) is 0 Å². The first-order valence-corrected chi connectivity index (χ1v) is 8.61. The van der Waals surface area contributed by atoms with Crippen LogP contribution in [0.5, 0.6) is 0 Å². The highest BCUT2D eigenvalue weighted by Crippen LogP contribution is 2.08. The first-order chi connectivity index (χ1) is 11.2. The molecule has 0 spiro atoms. The Labute approximate surface area is 140 Å². The van der Waals surface area contributed by atoms with Gasteiger partial charge in [0, 0.05) is 26.3 Å². The lowest BCUT2D eigenvalue weighted by Gasteiger charge is -2.17. The molecule has 5 nitrogen and oxygen atoms in total. The molecule has 1 aromatic rings. The van der Waals surface area contributed by atoms with E-state index < -0.39 is 0 Å². The Kier molecular flexibility index (Phi) is 10.1. The minimum Gasteiger partial charge on any atom is -0.382 e. The number of benzene rings is 1. The maximum Gasteiger partial charge on any atom is 0.188 e. The molecule has 0 aliphatic heterocycles. The predicted octanol–water partition coefficient (Wildman–Crippen LogP) is 2.36. The number of guanidine groups is 1. The van der Waals surface area contributed by atoms with Crippen LogP contribution in [0.4, 0.5) is 0 Å². The summed E-state index contributed by atoms with van der Waals surface area (Å²) in [5.74, 6) is 0.494. The van der Waals surface area contributed by atoms with Crippen LogP contribution in [0, 0.1) is 0 Å². The van der Waals surface area contributed by atoms with E-state index in [4.69, 9.17) is 10.5 Å². The van der Waals surface area contributed by atoms with Crippen molar-refractivity contribution in [2.24, 2.45) is 10.7 Å². The highest BCUT2D eigenvalue weighted by Gasteiger charge is 2.01. The standard InChI is InChI=1S/C18H32N4O/c1-4-22(5-2)15-17-10-8-16(9-11-17)14-21-18(19)20-12-7-13-23-6-3/h8-11H,4-7,12-15H2,1-3H3,(H3,19,20,21). The van der Waals surface area contributed by atoms with E-state index in [1.165, 1.54) is 11.1 Å². The van der Waals surface area contributed by atoms with Crippen molar-refractivity contribution in [2.45, 2.75) is 40.3 Å². The minimum atomic E-state index is 0.494. The van der Waals surface area contributed by atoms with Crippen LogP contribution in [0.15, 0.2) is 29.3 Å². The van der Waals surface area contributed by atoms with E-state index in [0.717, 1.165) is 45.8 Å². The topological polar surface area (TPSA) is 62.9 Å². The fraction of sp³-hybridized carbons (Fsp3) is 0.611. The smallest absolute Gasteiger partial charge is 0.188 e. The molecule has 5 heteroatoms. The van der Waals surface area contributed by atoms with Crippen molar-refractivity contribution in [3.05, 3.63) is 35.4 Å². The van der Waals surface area contributed by atoms with E-state index in [1.54, 1.807) is 0 Å². The maximum atomic E-state index is 5.86. The van der Waals surface area contributed by atoms with Gasteiger partial charge in [-0.3, -0.25) is 4.90 Å². The average molecular weight is 320 g/mol.